The first-order valence-electron chi connectivity index (χ1n) is 4.80. The van der Waals surface area contributed by atoms with Crippen molar-refractivity contribution in [3.8, 4) is 0 Å². The molecular weight excluding hydrogens is 238 g/mol. The molecule has 3 rings (SSSR count). The molecule has 0 aliphatic rings. The summed E-state index contributed by atoms with van der Waals surface area (Å²) in [6.07, 6.45) is 3.22. The number of pyridine rings is 1. The number of aromatic nitrogens is 7. The predicted molar refractivity (Wildman–Crippen MR) is 60.3 cm³/mol. The van der Waals surface area contributed by atoms with Crippen molar-refractivity contribution in [2.24, 2.45) is 7.05 Å². The van der Waals surface area contributed by atoms with Gasteiger partial charge in [0.2, 0.25) is 5.16 Å². The zero-order chi connectivity index (χ0) is 11.7. The average molecular weight is 245 g/mol. The first-order chi connectivity index (χ1) is 8.34. The highest BCUT2D eigenvalue weighted by Crippen LogP contribution is 2.27. The van der Waals surface area contributed by atoms with Gasteiger partial charge in [0, 0.05) is 13.2 Å². The van der Waals surface area contributed by atoms with E-state index in [2.05, 4.69) is 30.5 Å². The maximum atomic E-state index is 4.27. The molecule has 7 nitrogen and oxygen atoms in total. The zero-order valence-corrected chi connectivity index (χ0v) is 9.66. The van der Waals surface area contributed by atoms with Crippen molar-refractivity contribution in [1.29, 1.82) is 0 Å². The normalized spacial score (nSPS) is 10.9. The molecule has 0 bridgehead atoms. The van der Waals surface area contributed by atoms with Crippen LogP contribution in [0.4, 0.5) is 0 Å². The number of hydrogen-bond acceptors (Lipinski definition) is 7. The maximum absolute atomic E-state index is 4.27. The first kappa shape index (κ1) is 10.1. The summed E-state index contributed by atoms with van der Waals surface area (Å²) in [5, 5.41) is 12.6. The second-order valence-corrected chi connectivity index (χ2v) is 4.19. The molecular formula is C9H7N7S. The third-order valence-electron chi connectivity index (χ3n) is 2.13. The summed E-state index contributed by atoms with van der Waals surface area (Å²) in [6, 6.07) is 3.73. The van der Waals surface area contributed by atoms with Crippen molar-refractivity contribution < 1.29 is 0 Å². The maximum Gasteiger partial charge on any atom is 0.215 e. The Bertz CT molecular complexity index is 660. The number of tetrazole rings is 1. The van der Waals surface area contributed by atoms with Gasteiger partial charge < -0.3 is 0 Å². The van der Waals surface area contributed by atoms with Crippen molar-refractivity contribution >= 4 is 22.8 Å². The Hall–Kier alpha value is -2.09. The number of rotatable bonds is 2. The van der Waals surface area contributed by atoms with Crippen LogP contribution in [0.5, 0.6) is 0 Å². The Balaban J connectivity index is 2.09. The molecule has 0 radical (unpaired) electrons. The van der Waals surface area contributed by atoms with Crippen molar-refractivity contribution in [2.45, 2.75) is 10.2 Å². The van der Waals surface area contributed by atoms with Crippen molar-refractivity contribution in [2.75, 3.05) is 0 Å². The van der Waals surface area contributed by atoms with Gasteiger partial charge in [0.25, 0.3) is 0 Å². The van der Waals surface area contributed by atoms with Crippen molar-refractivity contribution in [3.05, 3.63) is 24.7 Å². The summed E-state index contributed by atoms with van der Waals surface area (Å²) in [6.45, 7) is 0. The van der Waals surface area contributed by atoms with Gasteiger partial charge in [-0.2, -0.15) is 0 Å². The topological polar surface area (TPSA) is 82.3 Å². The van der Waals surface area contributed by atoms with Crippen LogP contribution in [0.15, 0.2) is 34.8 Å². The fourth-order valence-electron chi connectivity index (χ4n) is 1.34. The highest BCUT2D eigenvalue weighted by atomic mass is 32.2. The SMILES string of the molecule is Cn1nnnc1Sc1ncnc2cccnc12. The largest absolute Gasteiger partial charge is 0.252 e. The summed E-state index contributed by atoms with van der Waals surface area (Å²) in [4.78, 5) is 12.6. The number of hydrogen-bond donors (Lipinski definition) is 0. The molecule has 0 saturated heterocycles. The third-order valence-corrected chi connectivity index (χ3v) is 3.15. The Labute approximate surface area is 100 Å². The number of fused-ring (bicyclic) bond motifs is 1. The number of nitrogens with zero attached hydrogens (tertiary/aromatic N) is 7. The standard InChI is InChI=1S/C9H7N7S/c1-16-9(13-14-15-16)17-8-7-6(11-5-12-8)3-2-4-10-7/h2-5H,1H3. The molecule has 0 atom stereocenters. The van der Waals surface area contributed by atoms with E-state index in [0.29, 0.717) is 5.16 Å². The minimum absolute atomic E-state index is 0.663. The molecule has 0 amide bonds. The molecule has 0 aromatic carbocycles. The summed E-state index contributed by atoms with van der Waals surface area (Å²) < 4.78 is 1.58. The summed E-state index contributed by atoms with van der Waals surface area (Å²) in [5.74, 6) is 0. The molecule has 0 N–H and O–H groups in total. The Morgan fingerprint density at radius 3 is 3.00 bits per heavy atom. The van der Waals surface area contributed by atoms with E-state index >= 15 is 0 Å². The summed E-state index contributed by atoms with van der Waals surface area (Å²) >= 11 is 1.36. The Morgan fingerprint density at radius 1 is 1.24 bits per heavy atom. The monoisotopic (exact) mass is 245 g/mol. The molecule has 0 spiro atoms. The van der Waals surface area contributed by atoms with E-state index in [0.717, 1.165) is 16.1 Å². The van der Waals surface area contributed by atoms with Crippen LogP contribution in [-0.2, 0) is 7.05 Å². The lowest BCUT2D eigenvalue weighted by atomic mass is 10.4. The molecule has 8 heteroatoms. The molecule has 17 heavy (non-hydrogen) atoms. The Morgan fingerprint density at radius 2 is 2.18 bits per heavy atom. The van der Waals surface area contributed by atoms with Crippen molar-refractivity contribution in [1.82, 2.24) is 35.2 Å². The van der Waals surface area contributed by atoms with E-state index in [9.17, 15) is 0 Å². The highest BCUT2D eigenvalue weighted by molar-refractivity contribution is 7.99. The van der Waals surface area contributed by atoms with Crippen LogP contribution >= 0.6 is 11.8 Å². The second-order valence-electron chi connectivity index (χ2n) is 3.24. The lowest BCUT2D eigenvalue weighted by molar-refractivity contribution is 0.664. The molecule has 84 valence electrons. The van der Waals surface area contributed by atoms with Crippen LogP contribution in [0.25, 0.3) is 11.0 Å². The zero-order valence-electron chi connectivity index (χ0n) is 8.85. The lowest BCUT2D eigenvalue weighted by Crippen LogP contribution is -1.95. The number of aryl methyl sites for hydroxylation is 1. The smallest absolute Gasteiger partial charge is 0.215 e. The minimum atomic E-state index is 0.663. The van der Waals surface area contributed by atoms with Gasteiger partial charge in [-0.25, -0.2) is 14.6 Å². The molecule has 3 aromatic rings. The van der Waals surface area contributed by atoms with Crippen LogP contribution in [0.1, 0.15) is 0 Å². The van der Waals surface area contributed by atoms with Gasteiger partial charge >= 0.3 is 0 Å². The summed E-state index contributed by atoms with van der Waals surface area (Å²) in [5.41, 5.74) is 1.56. The van der Waals surface area contributed by atoms with Crippen LogP contribution < -0.4 is 0 Å². The predicted octanol–water partition coefficient (Wildman–Crippen LogP) is 0.699. The fourth-order valence-corrected chi connectivity index (χ4v) is 2.11. The molecule has 3 aromatic heterocycles. The second kappa shape index (κ2) is 4.06. The van der Waals surface area contributed by atoms with E-state index in [-0.39, 0.29) is 0 Å². The van der Waals surface area contributed by atoms with Gasteiger partial charge in [-0.1, -0.05) is 0 Å². The van der Waals surface area contributed by atoms with Gasteiger partial charge in [-0.05, 0) is 34.3 Å². The van der Waals surface area contributed by atoms with Gasteiger partial charge in [0.05, 0.1) is 5.52 Å². The van der Waals surface area contributed by atoms with Gasteiger partial charge in [-0.3, -0.25) is 4.98 Å². The van der Waals surface area contributed by atoms with Crippen LogP contribution in [0.3, 0.4) is 0 Å². The van der Waals surface area contributed by atoms with E-state index in [4.69, 9.17) is 0 Å². The quantitative estimate of drug-likeness (QED) is 0.614. The molecule has 0 aliphatic carbocycles. The molecule has 0 saturated carbocycles. The van der Waals surface area contributed by atoms with E-state index in [1.165, 1.54) is 18.1 Å². The third kappa shape index (κ3) is 1.82. The molecule has 0 aliphatic heterocycles. The van der Waals surface area contributed by atoms with E-state index < -0.39 is 0 Å². The van der Waals surface area contributed by atoms with Gasteiger partial charge in [0.15, 0.2) is 0 Å². The molecule has 0 unspecified atom stereocenters. The highest BCUT2D eigenvalue weighted by Gasteiger charge is 2.10. The lowest BCUT2D eigenvalue weighted by Gasteiger charge is -2.01. The average Bonchev–Trinajstić information content (AvgIpc) is 2.76. The van der Waals surface area contributed by atoms with Crippen LogP contribution in [-0.4, -0.2) is 35.2 Å². The molecule has 3 heterocycles. The van der Waals surface area contributed by atoms with Crippen LogP contribution in [0.2, 0.25) is 0 Å². The first-order valence-corrected chi connectivity index (χ1v) is 5.62. The summed E-state index contributed by atoms with van der Waals surface area (Å²) in [7, 11) is 1.78. The van der Waals surface area contributed by atoms with E-state index in [1.54, 1.807) is 17.9 Å². The van der Waals surface area contributed by atoms with Crippen LogP contribution in [0, 0.1) is 0 Å². The van der Waals surface area contributed by atoms with E-state index in [1.807, 2.05) is 12.1 Å². The van der Waals surface area contributed by atoms with Crippen molar-refractivity contribution in [3.63, 3.8) is 0 Å². The Kier molecular flexibility index (Phi) is 2.41. The van der Waals surface area contributed by atoms with Gasteiger partial charge in [0.1, 0.15) is 16.9 Å². The minimum Gasteiger partial charge on any atom is -0.252 e. The van der Waals surface area contributed by atoms with Gasteiger partial charge in [-0.15, -0.1) is 5.10 Å². The molecule has 0 fully saturated rings. The fraction of sp³-hybridized carbons (Fsp3) is 0.111.